The Hall–Kier alpha value is -2.51. The minimum Gasteiger partial charge on any atom is -0.474 e. The second kappa shape index (κ2) is 6.29. The molecule has 110 valence electrons. The number of carbonyl (C=O) groups is 1. The Morgan fingerprint density at radius 2 is 2.19 bits per heavy atom. The standard InChI is InChI=1S/C13H16N6O2/c20-13(9-19-10-15-16-17-19)18-7-4-11(5-8-18)21-12-3-1-2-6-14-12/h1-3,6,10-11H,4-5,7-9H2. The molecule has 2 aromatic rings. The first kappa shape index (κ1) is 13.5. The van der Waals surface area contributed by atoms with Crippen molar-refractivity contribution in [3.63, 3.8) is 0 Å². The summed E-state index contributed by atoms with van der Waals surface area (Å²) in [5.41, 5.74) is 0. The molecular weight excluding hydrogens is 272 g/mol. The van der Waals surface area contributed by atoms with Crippen LogP contribution in [0, 0.1) is 0 Å². The maximum Gasteiger partial charge on any atom is 0.244 e. The summed E-state index contributed by atoms with van der Waals surface area (Å²) >= 11 is 0. The van der Waals surface area contributed by atoms with Crippen molar-refractivity contribution in [1.29, 1.82) is 0 Å². The molecule has 8 heteroatoms. The maximum absolute atomic E-state index is 12.1. The highest BCUT2D eigenvalue weighted by atomic mass is 16.5. The van der Waals surface area contributed by atoms with Gasteiger partial charge >= 0.3 is 0 Å². The van der Waals surface area contributed by atoms with Gasteiger partial charge in [0.05, 0.1) is 0 Å². The molecule has 0 aromatic carbocycles. The van der Waals surface area contributed by atoms with E-state index in [1.54, 1.807) is 6.20 Å². The van der Waals surface area contributed by atoms with Crippen LogP contribution in [-0.2, 0) is 11.3 Å². The summed E-state index contributed by atoms with van der Waals surface area (Å²) in [5.74, 6) is 0.662. The lowest BCUT2D eigenvalue weighted by atomic mass is 10.1. The fraction of sp³-hybridized carbons (Fsp3) is 0.462. The second-order valence-corrected chi connectivity index (χ2v) is 4.87. The molecule has 1 aliphatic rings. The first-order valence-electron chi connectivity index (χ1n) is 6.87. The number of pyridine rings is 1. The summed E-state index contributed by atoms with van der Waals surface area (Å²) in [4.78, 5) is 18.1. The van der Waals surface area contributed by atoms with Gasteiger partial charge < -0.3 is 9.64 Å². The number of rotatable bonds is 4. The van der Waals surface area contributed by atoms with Gasteiger partial charge in [-0.25, -0.2) is 9.67 Å². The van der Waals surface area contributed by atoms with Crippen molar-refractivity contribution in [2.75, 3.05) is 13.1 Å². The van der Waals surface area contributed by atoms with E-state index >= 15 is 0 Å². The second-order valence-electron chi connectivity index (χ2n) is 4.87. The van der Waals surface area contributed by atoms with Crippen LogP contribution >= 0.6 is 0 Å². The normalized spacial score (nSPS) is 15.9. The highest BCUT2D eigenvalue weighted by Crippen LogP contribution is 2.17. The average Bonchev–Trinajstić information content (AvgIpc) is 3.02. The van der Waals surface area contributed by atoms with E-state index in [9.17, 15) is 4.79 Å². The molecule has 3 rings (SSSR count). The maximum atomic E-state index is 12.1. The van der Waals surface area contributed by atoms with Crippen molar-refractivity contribution in [2.24, 2.45) is 0 Å². The van der Waals surface area contributed by atoms with Gasteiger partial charge in [-0.05, 0) is 16.5 Å². The highest BCUT2D eigenvalue weighted by molar-refractivity contribution is 5.75. The van der Waals surface area contributed by atoms with Crippen LogP contribution in [-0.4, -0.2) is 55.2 Å². The first-order valence-corrected chi connectivity index (χ1v) is 6.87. The number of aromatic nitrogens is 5. The van der Waals surface area contributed by atoms with Crippen LogP contribution in [0.3, 0.4) is 0 Å². The van der Waals surface area contributed by atoms with E-state index in [2.05, 4.69) is 20.5 Å². The van der Waals surface area contributed by atoms with E-state index in [1.807, 2.05) is 23.1 Å². The van der Waals surface area contributed by atoms with Crippen molar-refractivity contribution >= 4 is 5.91 Å². The minimum atomic E-state index is 0.0265. The molecule has 8 nitrogen and oxygen atoms in total. The molecule has 0 N–H and O–H groups in total. The SMILES string of the molecule is O=C(Cn1cnnn1)N1CCC(Oc2ccccn2)CC1. The predicted molar refractivity (Wildman–Crippen MR) is 72.3 cm³/mol. The molecule has 2 aromatic heterocycles. The number of piperidine rings is 1. The van der Waals surface area contributed by atoms with E-state index < -0.39 is 0 Å². The molecule has 3 heterocycles. The summed E-state index contributed by atoms with van der Waals surface area (Å²) in [7, 11) is 0. The fourth-order valence-corrected chi connectivity index (χ4v) is 2.30. The molecular formula is C13H16N6O2. The lowest BCUT2D eigenvalue weighted by molar-refractivity contribution is -0.133. The van der Waals surface area contributed by atoms with Crippen LogP contribution in [0.2, 0.25) is 0 Å². The number of hydrogen-bond donors (Lipinski definition) is 0. The van der Waals surface area contributed by atoms with Crippen molar-refractivity contribution in [3.8, 4) is 5.88 Å². The van der Waals surface area contributed by atoms with Gasteiger partial charge in [0.1, 0.15) is 19.0 Å². The number of amides is 1. The van der Waals surface area contributed by atoms with Gasteiger partial charge in [0.15, 0.2) is 0 Å². The van der Waals surface area contributed by atoms with E-state index in [1.165, 1.54) is 11.0 Å². The van der Waals surface area contributed by atoms with Crippen LogP contribution in [0.4, 0.5) is 0 Å². The molecule has 1 amide bonds. The first-order chi connectivity index (χ1) is 10.3. The summed E-state index contributed by atoms with van der Waals surface area (Å²) in [6, 6.07) is 5.59. The van der Waals surface area contributed by atoms with E-state index in [0.29, 0.717) is 19.0 Å². The van der Waals surface area contributed by atoms with Crippen molar-refractivity contribution in [3.05, 3.63) is 30.7 Å². The highest BCUT2D eigenvalue weighted by Gasteiger charge is 2.24. The smallest absolute Gasteiger partial charge is 0.244 e. The number of hydrogen-bond acceptors (Lipinski definition) is 6. The van der Waals surface area contributed by atoms with Crippen molar-refractivity contribution in [2.45, 2.75) is 25.5 Å². The van der Waals surface area contributed by atoms with Gasteiger partial charge in [-0.1, -0.05) is 6.07 Å². The van der Waals surface area contributed by atoms with E-state index in [-0.39, 0.29) is 18.6 Å². The van der Waals surface area contributed by atoms with Crippen molar-refractivity contribution < 1.29 is 9.53 Å². The third-order valence-corrected chi connectivity index (χ3v) is 3.41. The zero-order chi connectivity index (χ0) is 14.5. The van der Waals surface area contributed by atoms with Crippen LogP contribution in [0.25, 0.3) is 0 Å². The summed E-state index contributed by atoms with van der Waals surface area (Å²) < 4.78 is 7.23. The van der Waals surface area contributed by atoms with Gasteiger partial charge in [-0.15, -0.1) is 5.10 Å². The number of tetrazole rings is 1. The Morgan fingerprint density at radius 1 is 1.33 bits per heavy atom. The monoisotopic (exact) mass is 288 g/mol. The Labute approximate surface area is 121 Å². The van der Waals surface area contributed by atoms with Gasteiger partial charge in [0, 0.05) is 38.2 Å². The van der Waals surface area contributed by atoms with Crippen LogP contribution in [0.15, 0.2) is 30.7 Å². The number of nitrogens with zero attached hydrogens (tertiary/aromatic N) is 6. The summed E-state index contributed by atoms with van der Waals surface area (Å²) in [5, 5.41) is 10.7. The average molecular weight is 288 g/mol. The van der Waals surface area contributed by atoms with Gasteiger partial charge in [0.25, 0.3) is 0 Å². The third-order valence-electron chi connectivity index (χ3n) is 3.41. The predicted octanol–water partition coefficient (Wildman–Crippen LogP) is 0.138. The molecule has 21 heavy (non-hydrogen) atoms. The molecule has 0 spiro atoms. The quantitative estimate of drug-likeness (QED) is 0.795. The molecule has 1 aliphatic heterocycles. The number of ether oxygens (including phenoxy) is 1. The van der Waals surface area contributed by atoms with Crippen molar-refractivity contribution in [1.82, 2.24) is 30.1 Å². The molecule has 0 radical (unpaired) electrons. The van der Waals surface area contributed by atoms with Gasteiger partial charge in [0.2, 0.25) is 11.8 Å². The largest absolute Gasteiger partial charge is 0.474 e. The molecule has 0 unspecified atom stereocenters. The topological polar surface area (TPSA) is 86.0 Å². The third kappa shape index (κ3) is 3.53. The Balaban J connectivity index is 1.47. The molecule has 1 saturated heterocycles. The Bertz CT molecular complexity index is 566. The lowest BCUT2D eigenvalue weighted by Crippen LogP contribution is -2.43. The molecule has 0 bridgehead atoms. The summed E-state index contributed by atoms with van der Waals surface area (Å²) in [6.45, 7) is 1.54. The fourth-order valence-electron chi connectivity index (χ4n) is 2.30. The Morgan fingerprint density at radius 3 is 2.86 bits per heavy atom. The van der Waals surface area contributed by atoms with Crippen LogP contribution in [0.5, 0.6) is 5.88 Å². The molecule has 0 saturated carbocycles. The zero-order valence-corrected chi connectivity index (χ0v) is 11.5. The molecule has 0 atom stereocenters. The van der Waals surface area contributed by atoms with Gasteiger partial charge in [-0.2, -0.15) is 0 Å². The number of likely N-dealkylation sites (tertiary alicyclic amines) is 1. The van der Waals surface area contributed by atoms with E-state index in [4.69, 9.17) is 4.74 Å². The zero-order valence-electron chi connectivity index (χ0n) is 11.5. The van der Waals surface area contributed by atoms with Crippen LogP contribution < -0.4 is 4.74 Å². The Kier molecular flexibility index (Phi) is 4.04. The number of carbonyl (C=O) groups excluding carboxylic acids is 1. The van der Waals surface area contributed by atoms with Crippen LogP contribution in [0.1, 0.15) is 12.8 Å². The molecule has 0 aliphatic carbocycles. The molecule has 1 fully saturated rings. The van der Waals surface area contributed by atoms with Gasteiger partial charge in [-0.3, -0.25) is 4.79 Å². The minimum absolute atomic E-state index is 0.0265. The van der Waals surface area contributed by atoms with E-state index in [0.717, 1.165) is 12.8 Å². The summed E-state index contributed by atoms with van der Waals surface area (Å²) in [6.07, 6.45) is 4.86. The lowest BCUT2D eigenvalue weighted by Gasteiger charge is -2.31.